The van der Waals surface area contributed by atoms with E-state index >= 15 is 0 Å². The van der Waals surface area contributed by atoms with Crippen LogP contribution in [-0.4, -0.2) is 22.6 Å². The lowest BCUT2D eigenvalue weighted by molar-refractivity contribution is 0.197. The fourth-order valence-corrected chi connectivity index (χ4v) is 2.69. The third kappa shape index (κ3) is 3.30. The third-order valence-corrected chi connectivity index (χ3v) is 3.96. The first kappa shape index (κ1) is 14.4. The van der Waals surface area contributed by atoms with Crippen molar-refractivity contribution in [3.05, 3.63) is 47.3 Å². The van der Waals surface area contributed by atoms with Crippen molar-refractivity contribution in [3.63, 3.8) is 0 Å². The van der Waals surface area contributed by atoms with E-state index in [1.165, 1.54) is 11.3 Å². The minimum atomic E-state index is -0.134. The number of hydrogen-bond acceptors (Lipinski definition) is 3. The van der Waals surface area contributed by atoms with E-state index in [9.17, 15) is 9.90 Å². The zero-order chi connectivity index (χ0) is 14.5. The molecule has 0 unspecified atom stereocenters. The Morgan fingerprint density at radius 3 is 2.80 bits per heavy atom. The number of anilines is 1. The van der Waals surface area contributed by atoms with Crippen LogP contribution in [0.2, 0.25) is 0 Å². The summed E-state index contributed by atoms with van der Waals surface area (Å²) < 4.78 is 0. The van der Waals surface area contributed by atoms with E-state index in [1.54, 1.807) is 23.1 Å². The number of carbonyl (C=O) groups excluding carboxylic acids is 1. The van der Waals surface area contributed by atoms with Crippen molar-refractivity contribution < 1.29 is 9.90 Å². The van der Waals surface area contributed by atoms with E-state index < -0.39 is 0 Å². The molecule has 0 spiro atoms. The molecular formula is C15H18N2O2S. The van der Waals surface area contributed by atoms with Crippen molar-refractivity contribution >= 4 is 22.4 Å². The van der Waals surface area contributed by atoms with Crippen molar-refractivity contribution in [3.8, 4) is 5.75 Å². The van der Waals surface area contributed by atoms with Crippen LogP contribution < -0.4 is 5.32 Å². The zero-order valence-electron chi connectivity index (χ0n) is 11.5. The van der Waals surface area contributed by atoms with Gasteiger partial charge >= 0.3 is 6.03 Å². The number of carbonyl (C=O) groups is 1. The van der Waals surface area contributed by atoms with Crippen LogP contribution in [0.5, 0.6) is 5.75 Å². The summed E-state index contributed by atoms with van der Waals surface area (Å²) in [7, 11) is 0. The van der Waals surface area contributed by atoms with Crippen LogP contribution in [0, 0.1) is 0 Å². The molecule has 0 saturated carbocycles. The smallest absolute Gasteiger partial charge is 0.322 e. The summed E-state index contributed by atoms with van der Waals surface area (Å²) in [5.74, 6) is 0.212. The Bertz CT molecular complexity index is 569. The van der Waals surface area contributed by atoms with Gasteiger partial charge in [0.2, 0.25) is 0 Å². The van der Waals surface area contributed by atoms with Crippen LogP contribution in [0.3, 0.4) is 0 Å². The highest BCUT2D eigenvalue weighted by Gasteiger charge is 2.20. The third-order valence-electron chi connectivity index (χ3n) is 3.17. The molecule has 0 aliphatic carbocycles. The number of hydrogen-bond donors (Lipinski definition) is 2. The highest BCUT2D eigenvalue weighted by atomic mass is 32.1. The minimum absolute atomic E-state index is 0.105. The number of amides is 2. The molecule has 1 aromatic heterocycles. The molecule has 0 bridgehead atoms. The largest absolute Gasteiger partial charge is 0.508 e. The van der Waals surface area contributed by atoms with Gasteiger partial charge in [-0.2, -0.15) is 0 Å². The van der Waals surface area contributed by atoms with Gasteiger partial charge in [-0.15, -0.1) is 11.3 Å². The van der Waals surface area contributed by atoms with Crippen LogP contribution in [0.25, 0.3) is 0 Å². The number of urea groups is 1. The molecule has 1 aromatic carbocycles. The van der Waals surface area contributed by atoms with Gasteiger partial charge in [-0.1, -0.05) is 12.1 Å². The lowest BCUT2D eigenvalue weighted by Crippen LogP contribution is -2.36. The SMILES string of the molecule is CCN(C(=O)Nc1cccs1)[C@@H](C)c1cccc(O)c1. The molecule has 2 aromatic rings. The molecule has 106 valence electrons. The summed E-state index contributed by atoms with van der Waals surface area (Å²) in [6.07, 6.45) is 0. The summed E-state index contributed by atoms with van der Waals surface area (Å²) >= 11 is 1.49. The average molecular weight is 290 g/mol. The summed E-state index contributed by atoms with van der Waals surface area (Å²) in [5.41, 5.74) is 0.910. The van der Waals surface area contributed by atoms with Gasteiger partial charge < -0.3 is 10.0 Å². The van der Waals surface area contributed by atoms with E-state index in [-0.39, 0.29) is 17.8 Å². The zero-order valence-corrected chi connectivity index (χ0v) is 12.4. The summed E-state index contributed by atoms with van der Waals surface area (Å²) in [6, 6.07) is 10.5. The molecule has 2 rings (SSSR count). The maximum absolute atomic E-state index is 12.3. The first-order chi connectivity index (χ1) is 9.61. The molecular weight excluding hydrogens is 272 g/mol. The lowest BCUT2D eigenvalue weighted by atomic mass is 10.1. The number of nitrogens with zero attached hydrogens (tertiary/aromatic N) is 1. The molecule has 1 atom stereocenters. The van der Waals surface area contributed by atoms with E-state index in [2.05, 4.69) is 5.32 Å². The molecule has 5 heteroatoms. The lowest BCUT2D eigenvalue weighted by Gasteiger charge is -2.28. The van der Waals surface area contributed by atoms with Gasteiger partial charge in [0.25, 0.3) is 0 Å². The molecule has 4 nitrogen and oxygen atoms in total. The van der Waals surface area contributed by atoms with Crippen LogP contribution >= 0.6 is 11.3 Å². The van der Waals surface area contributed by atoms with Crippen molar-refractivity contribution in [2.24, 2.45) is 0 Å². The molecule has 0 fully saturated rings. The number of rotatable bonds is 4. The Morgan fingerprint density at radius 2 is 2.20 bits per heavy atom. The van der Waals surface area contributed by atoms with Crippen LogP contribution in [-0.2, 0) is 0 Å². The number of phenolic OH excluding ortho intramolecular Hbond substituents is 1. The second kappa shape index (κ2) is 6.43. The summed E-state index contributed by atoms with van der Waals surface area (Å²) in [4.78, 5) is 14.0. The Morgan fingerprint density at radius 1 is 1.40 bits per heavy atom. The number of benzene rings is 1. The Hall–Kier alpha value is -2.01. The summed E-state index contributed by atoms with van der Waals surface area (Å²) in [5, 5.41) is 15.2. The molecule has 20 heavy (non-hydrogen) atoms. The predicted octanol–water partition coefficient (Wildman–Crippen LogP) is 4.07. The Kier molecular flexibility index (Phi) is 4.63. The molecule has 0 aliphatic heterocycles. The van der Waals surface area contributed by atoms with Crippen LogP contribution in [0.15, 0.2) is 41.8 Å². The highest BCUT2D eigenvalue weighted by molar-refractivity contribution is 7.14. The van der Waals surface area contributed by atoms with Crippen molar-refractivity contribution in [1.82, 2.24) is 4.90 Å². The Balaban J connectivity index is 2.12. The molecule has 2 N–H and O–H groups in total. The maximum atomic E-state index is 12.3. The van der Waals surface area contributed by atoms with E-state index in [4.69, 9.17) is 0 Å². The van der Waals surface area contributed by atoms with Crippen LogP contribution in [0.4, 0.5) is 9.80 Å². The molecule has 1 heterocycles. The normalized spacial score (nSPS) is 11.9. The fraction of sp³-hybridized carbons (Fsp3) is 0.267. The van der Waals surface area contributed by atoms with Gasteiger partial charge in [0.15, 0.2) is 0 Å². The number of nitrogens with one attached hydrogen (secondary N) is 1. The Labute approximate surface area is 122 Å². The second-order valence-electron chi connectivity index (χ2n) is 4.46. The molecule has 0 saturated heterocycles. The van der Waals surface area contributed by atoms with Gasteiger partial charge in [-0.3, -0.25) is 5.32 Å². The van der Waals surface area contributed by atoms with Gasteiger partial charge in [-0.05, 0) is 49.1 Å². The van der Waals surface area contributed by atoms with Crippen molar-refractivity contribution in [1.29, 1.82) is 0 Å². The van der Waals surface area contributed by atoms with Crippen molar-refractivity contribution in [2.75, 3.05) is 11.9 Å². The average Bonchev–Trinajstić information content (AvgIpc) is 2.92. The minimum Gasteiger partial charge on any atom is -0.508 e. The highest BCUT2D eigenvalue weighted by Crippen LogP contribution is 2.24. The van der Waals surface area contributed by atoms with Crippen molar-refractivity contribution in [2.45, 2.75) is 19.9 Å². The van der Waals surface area contributed by atoms with E-state index in [0.29, 0.717) is 6.54 Å². The summed E-state index contributed by atoms with van der Waals surface area (Å²) in [6.45, 7) is 4.48. The van der Waals surface area contributed by atoms with E-state index in [0.717, 1.165) is 10.6 Å². The maximum Gasteiger partial charge on any atom is 0.322 e. The van der Waals surface area contributed by atoms with E-state index in [1.807, 2.05) is 37.4 Å². The van der Waals surface area contributed by atoms with Gasteiger partial charge in [0, 0.05) is 6.54 Å². The first-order valence-electron chi connectivity index (χ1n) is 6.52. The predicted molar refractivity (Wildman–Crippen MR) is 82.2 cm³/mol. The molecule has 0 radical (unpaired) electrons. The second-order valence-corrected chi connectivity index (χ2v) is 5.41. The monoisotopic (exact) mass is 290 g/mol. The van der Waals surface area contributed by atoms with Gasteiger partial charge in [-0.25, -0.2) is 4.79 Å². The quantitative estimate of drug-likeness (QED) is 0.892. The van der Waals surface area contributed by atoms with Crippen LogP contribution in [0.1, 0.15) is 25.5 Å². The topological polar surface area (TPSA) is 52.6 Å². The first-order valence-corrected chi connectivity index (χ1v) is 7.40. The molecule has 0 aliphatic rings. The number of phenols is 1. The van der Waals surface area contributed by atoms with Gasteiger partial charge in [0.1, 0.15) is 5.75 Å². The molecule has 2 amide bonds. The number of aromatic hydroxyl groups is 1. The standard InChI is InChI=1S/C15H18N2O2S/c1-3-17(15(19)16-14-8-5-9-20-14)11(2)12-6-4-7-13(18)10-12/h4-11,18H,3H2,1-2H3,(H,16,19)/t11-/m0/s1. The fourth-order valence-electron chi connectivity index (χ4n) is 2.08. The van der Waals surface area contributed by atoms with Gasteiger partial charge in [0.05, 0.1) is 11.0 Å². The number of thiophene rings is 1.